The van der Waals surface area contributed by atoms with Gasteiger partial charge in [-0.1, -0.05) is 0 Å². The van der Waals surface area contributed by atoms with Crippen molar-refractivity contribution >= 4 is 11.9 Å². The third-order valence-electron chi connectivity index (χ3n) is 3.90. The van der Waals surface area contributed by atoms with Gasteiger partial charge in [-0.05, 0) is 46.2 Å². The van der Waals surface area contributed by atoms with Crippen LogP contribution in [0.1, 0.15) is 33.1 Å². The molecule has 6 heteroatoms. The van der Waals surface area contributed by atoms with E-state index in [1.165, 1.54) is 0 Å². The molecule has 1 aliphatic heterocycles. The number of hydrogen-bond donors (Lipinski definition) is 1. The van der Waals surface area contributed by atoms with Crippen molar-refractivity contribution in [3.8, 4) is 0 Å². The Labute approximate surface area is 127 Å². The average Bonchev–Trinajstić information content (AvgIpc) is 2.51. The molecule has 0 aromatic rings. The molecule has 0 aliphatic carbocycles. The van der Waals surface area contributed by atoms with E-state index >= 15 is 0 Å². The van der Waals surface area contributed by atoms with E-state index in [2.05, 4.69) is 10.2 Å². The number of nitrogens with one attached hydrogen (secondary N) is 1. The highest BCUT2D eigenvalue weighted by Gasteiger charge is 2.30. The molecule has 122 valence electrons. The maximum Gasteiger partial charge on any atom is 0.309 e. The first kappa shape index (κ1) is 17.9. The lowest BCUT2D eigenvalue weighted by Gasteiger charge is -2.34. The normalized spacial score (nSPS) is 18.2. The highest BCUT2D eigenvalue weighted by Crippen LogP contribution is 2.20. The lowest BCUT2D eigenvalue weighted by atomic mass is 9.96. The highest BCUT2D eigenvalue weighted by molar-refractivity contribution is 5.81. The van der Waals surface area contributed by atoms with Crippen LogP contribution in [0, 0.1) is 5.92 Å². The first-order valence-corrected chi connectivity index (χ1v) is 7.77. The van der Waals surface area contributed by atoms with E-state index in [1.807, 2.05) is 13.8 Å². The number of amides is 1. The van der Waals surface area contributed by atoms with Gasteiger partial charge in [0.15, 0.2) is 0 Å². The second kappa shape index (κ2) is 9.73. The second-order valence-electron chi connectivity index (χ2n) is 5.38. The van der Waals surface area contributed by atoms with Gasteiger partial charge in [-0.15, -0.1) is 0 Å². The van der Waals surface area contributed by atoms with Gasteiger partial charge >= 0.3 is 5.97 Å². The third-order valence-corrected chi connectivity index (χ3v) is 3.90. The van der Waals surface area contributed by atoms with Crippen LogP contribution in [0.25, 0.3) is 0 Å². The lowest BCUT2D eigenvalue weighted by Crippen LogP contribution is -2.49. The molecular weight excluding hydrogens is 272 g/mol. The van der Waals surface area contributed by atoms with Crippen molar-refractivity contribution in [2.45, 2.75) is 39.2 Å². The van der Waals surface area contributed by atoms with Gasteiger partial charge in [0.05, 0.1) is 18.6 Å². The van der Waals surface area contributed by atoms with Gasteiger partial charge in [0, 0.05) is 20.3 Å². The van der Waals surface area contributed by atoms with Gasteiger partial charge in [0.25, 0.3) is 0 Å². The van der Waals surface area contributed by atoms with E-state index in [4.69, 9.17) is 9.47 Å². The Morgan fingerprint density at radius 3 is 2.57 bits per heavy atom. The molecule has 1 rings (SSSR count). The number of carbonyl (C=O) groups is 2. The molecule has 1 amide bonds. The number of nitrogens with zero attached hydrogens (tertiary/aromatic N) is 1. The van der Waals surface area contributed by atoms with E-state index in [0.717, 1.165) is 32.4 Å². The molecule has 0 bridgehead atoms. The van der Waals surface area contributed by atoms with Crippen molar-refractivity contribution in [2.24, 2.45) is 5.92 Å². The summed E-state index contributed by atoms with van der Waals surface area (Å²) in [6.07, 6.45) is 2.35. The minimum absolute atomic E-state index is 0.0156. The number of hydrogen-bond acceptors (Lipinski definition) is 5. The highest BCUT2D eigenvalue weighted by atomic mass is 16.5. The Bertz CT molecular complexity index is 328. The molecule has 0 aromatic carbocycles. The lowest BCUT2D eigenvalue weighted by molar-refractivity contribution is -0.149. The van der Waals surface area contributed by atoms with Crippen LogP contribution in [-0.4, -0.2) is 62.8 Å². The van der Waals surface area contributed by atoms with Gasteiger partial charge in [-0.25, -0.2) is 0 Å². The molecule has 1 fully saturated rings. The molecule has 0 saturated carbocycles. The summed E-state index contributed by atoms with van der Waals surface area (Å²) in [6, 6.07) is -0.157. The van der Waals surface area contributed by atoms with E-state index in [1.54, 1.807) is 7.11 Å². The number of ether oxygens (including phenoxy) is 2. The summed E-state index contributed by atoms with van der Waals surface area (Å²) in [7, 11) is 1.65. The monoisotopic (exact) mass is 300 g/mol. The van der Waals surface area contributed by atoms with E-state index in [0.29, 0.717) is 19.8 Å². The van der Waals surface area contributed by atoms with Crippen LogP contribution in [0.3, 0.4) is 0 Å². The van der Waals surface area contributed by atoms with Gasteiger partial charge in [0.1, 0.15) is 0 Å². The molecule has 0 aromatic heterocycles. The number of esters is 1. The molecule has 1 heterocycles. The Balaban J connectivity index is 2.29. The van der Waals surface area contributed by atoms with Crippen LogP contribution in [-0.2, 0) is 19.1 Å². The van der Waals surface area contributed by atoms with Crippen LogP contribution < -0.4 is 5.32 Å². The molecule has 1 atom stereocenters. The molecule has 0 radical (unpaired) electrons. The van der Waals surface area contributed by atoms with Crippen LogP contribution in [0.2, 0.25) is 0 Å². The Morgan fingerprint density at radius 1 is 1.33 bits per heavy atom. The first-order valence-electron chi connectivity index (χ1n) is 7.77. The molecule has 1 saturated heterocycles. The fraction of sp³-hybridized carbons (Fsp3) is 0.867. The number of carbonyl (C=O) groups excluding carboxylic acids is 2. The number of methoxy groups -OCH3 is 1. The molecule has 1 unspecified atom stereocenters. The largest absolute Gasteiger partial charge is 0.466 e. The maximum atomic E-state index is 12.0. The molecule has 6 nitrogen and oxygen atoms in total. The molecule has 21 heavy (non-hydrogen) atoms. The van der Waals surface area contributed by atoms with Gasteiger partial charge in [-0.3, -0.25) is 14.5 Å². The molecule has 1 N–H and O–H groups in total. The number of rotatable bonds is 8. The number of piperidine rings is 1. The summed E-state index contributed by atoms with van der Waals surface area (Å²) >= 11 is 0. The summed E-state index contributed by atoms with van der Waals surface area (Å²) in [6.45, 7) is 6.97. The second-order valence-corrected chi connectivity index (χ2v) is 5.38. The predicted molar refractivity (Wildman–Crippen MR) is 79.9 cm³/mol. The van der Waals surface area contributed by atoms with Gasteiger partial charge in [0.2, 0.25) is 5.91 Å². The zero-order chi connectivity index (χ0) is 15.7. The van der Waals surface area contributed by atoms with Crippen molar-refractivity contribution in [1.29, 1.82) is 0 Å². The van der Waals surface area contributed by atoms with Crippen LogP contribution in [0.4, 0.5) is 0 Å². The minimum atomic E-state index is -0.157. The van der Waals surface area contributed by atoms with Gasteiger partial charge < -0.3 is 14.8 Å². The van der Waals surface area contributed by atoms with Crippen molar-refractivity contribution in [3.63, 3.8) is 0 Å². The Morgan fingerprint density at radius 2 is 2.00 bits per heavy atom. The van der Waals surface area contributed by atoms with E-state index < -0.39 is 0 Å². The maximum absolute atomic E-state index is 12.0. The van der Waals surface area contributed by atoms with Crippen molar-refractivity contribution in [3.05, 3.63) is 0 Å². The van der Waals surface area contributed by atoms with E-state index in [-0.39, 0.29) is 23.8 Å². The first-order chi connectivity index (χ1) is 10.1. The zero-order valence-corrected chi connectivity index (χ0v) is 13.4. The van der Waals surface area contributed by atoms with Crippen molar-refractivity contribution in [1.82, 2.24) is 10.2 Å². The number of likely N-dealkylation sites (tertiary alicyclic amines) is 1. The summed E-state index contributed by atoms with van der Waals surface area (Å²) in [5.41, 5.74) is 0. The quantitative estimate of drug-likeness (QED) is 0.530. The van der Waals surface area contributed by atoms with Gasteiger partial charge in [-0.2, -0.15) is 0 Å². The average molecular weight is 300 g/mol. The van der Waals surface area contributed by atoms with E-state index in [9.17, 15) is 9.59 Å². The fourth-order valence-electron chi connectivity index (χ4n) is 2.52. The molecule has 1 aliphatic rings. The molecule has 0 spiro atoms. The summed E-state index contributed by atoms with van der Waals surface area (Å²) in [5.74, 6) is -0.0762. The van der Waals surface area contributed by atoms with Crippen molar-refractivity contribution < 1.29 is 19.1 Å². The van der Waals surface area contributed by atoms with Crippen LogP contribution in [0.15, 0.2) is 0 Å². The third kappa shape index (κ3) is 6.01. The minimum Gasteiger partial charge on any atom is -0.466 e. The van der Waals surface area contributed by atoms with Crippen molar-refractivity contribution in [2.75, 3.05) is 40.0 Å². The standard InChI is InChI=1S/C15H28N2O4/c1-4-21-15(19)13-6-9-17(10-7-13)12(2)14(18)16-8-5-11-20-3/h12-13H,4-11H2,1-3H3,(H,16,18). The van der Waals surface area contributed by atoms with Crippen LogP contribution in [0.5, 0.6) is 0 Å². The fourth-order valence-corrected chi connectivity index (χ4v) is 2.52. The summed E-state index contributed by atoms with van der Waals surface area (Å²) < 4.78 is 10.0. The Kier molecular flexibility index (Phi) is 8.30. The SMILES string of the molecule is CCOC(=O)C1CCN(C(C)C(=O)NCCCOC)CC1. The molecular formula is C15H28N2O4. The van der Waals surface area contributed by atoms with Crippen LogP contribution >= 0.6 is 0 Å². The Hall–Kier alpha value is -1.14. The smallest absolute Gasteiger partial charge is 0.309 e. The summed E-state index contributed by atoms with van der Waals surface area (Å²) in [5, 5.41) is 2.92. The predicted octanol–water partition coefficient (Wildman–Crippen LogP) is 0.803. The summed E-state index contributed by atoms with van der Waals surface area (Å²) in [4.78, 5) is 25.8. The topological polar surface area (TPSA) is 67.9 Å². The zero-order valence-electron chi connectivity index (χ0n) is 13.4.